The van der Waals surface area contributed by atoms with Crippen LogP contribution in [0.5, 0.6) is 0 Å². The van der Waals surface area contributed by atoms with Crippen LogP contribution in [0.15, 0.2) is 0 Å². The van der Waals surface area contributed by atoms with Crippen LogP contribution in [-0.2, 0) is 0 Å². The van der Waals surface area contributed by atoms with E-state index in [1.54, 1.807) is 0 Å². The minimum absolute atomic E-state index is 0.314. The van der Waals surface area contributed by atoms with E-state index in [9.17, 15) is 0 Å². The van der Waals surface area contributed by atoms with Gasteiger partial charge in [-0.05, 0) is 11.8 Å². The summed E-state index contributed by atoms with van der Waals surface area (Å²) in [6.07, 6.45) is 1.28. The highest BCUT2D eigenvalue weighted by Crippen LogP contribution is 2.24. The Morgan fingerprint density at radius 1 is 1.42 bits per heavy atom. The quantitative estimate of drug-likeness (QED) is 0.690. The number of likely N-dealkylation sites (tertiary alicyclic amines) is 1. The molecule has 2 heteroatoms. The van der Waals surface area contributed by atoms with Crippen molar-refractivity contribution < 1.29 is 5.11 Å². The van der Waals surface area contributed by atoms with Gasteiger partial charge in [-0.25, -0.2) is 0 Å². The Hall–Kier alpha value is -0.0800. The highest BCUT2D eigenvalue weighted by molar-refractivity contribution is 4.85. The molecule has 1 rings (SSSR count). The van der Waals surface area contributed by atoms with E-state index in [2.05, 4.69) is 25.7 Å². The Bertz CT molecular complexity index is 130. The van der Waals surface area contributed by atoms with Crippen LogP contribution in [0, 0.1) is 11.8 Å². The molecule has 0 bridgehead atoms. The van der Waals surface area contributed by atoms with Gasteiger partial charge >= 0.3 is 0 Å². The van der Waals surface area contributed by atoms with Crippen LogP contribution in [0.3, 0.4) is 0 Å². The molecule has 1 N–H and O–H groups in total. The molecule has 0 aliphatic carbocycles. The third-order valence-corrected chi connectivity index (χ3v) is 2.99. The molecule has 1 aliphatic rings. The smallest absolute Gasteiger partial charge is 0.0589 e. The second kappa shape index (κ2) is 4.24. The van der Waals surface area contributed by atoms with Crippen molar-refractivity contribution in [2.24, 2.45) is 11.8 Å². The Morgan fingerprint density at radius 2 is 2.00 bits per heavy atom. The summed E-state index contributed by atoms with van der Waals surface area (Å²) in [5.74, 6) is 1.46. The standard InChI is InChI=1S/C10H21NO/c1-4-9-5-11(6-9)10(7-12)8(2)3/h8-10,12H,4-7H2,1-3H3. The van der Waals surface area contributed by atoms with Crippen LogP contribution in [0.1, 0.15) is 27.2 Å². The highest BCUT2D eigenvalue weighted by Gasteiger charge is 2.31. The number of nitrogens with zero attached hydrogens (tertiary/aromatic N) is 1. The summed E-state index contributed by atoms with van der Waals surface area (Å²) < 4.78 is 0. The lowest BCUT2D eigenvalue weighted by molar-refractivity contribution is 0.00227. The SMILES string of the molecule is CCC1CN(C(CO)C(C)C)C1. The summed E-state index contributed by atoms with van der Waals surface area (Å²) in [6.45, 7) is 9.31. The van der Waals surface area contributed by atoms with Gasteiger partial charge in [0, 0.05) is 19.1 Å². The van der Waals surface area contributed by atoms with E-state index < -0.39 is 0 Å². The molecule has 72 valence electrons. The summed E-state index contributed by atoms with van der Waals surface area (Å²) in [5.41, 5.74) is 0. The van der Waals surface area contributed by atoms with Gasteiger partial charge in [0.05, 0.1) is 6.61 Å². The predicted molar refractivity (Wildman–Crippen MR) is 51.1 cm³/mol. The highest BCUT2D eigenvalue weighted by atomic mass is 16.3. The van der Waals surface area contributed by atoms with Crippen molar-refractivity contribution in [3.63, 3.8) is 0 Å². The summed E-state index contributed by atoms with van der Waals surface area (Å²) >= 11 is 0. The van der Waals surface area contributed by atoms with Gasteiger partial charge < -0.3 is 5.11 Å². The normalized spacial score (nSPS) is 22.8. The van der Waals surface area contributed by atoms with Gasteiger partial charge in [0.2, 0.25) is 0 Å². The zero-order valence-electron chi connectivity index (χ0n) is 8.45. The lowest BCUT2D eigenvalue weighted by Crippen LogP contribution is -2.54. The molecular formula is C10H21NO. The fourth-order valence-electron chi connectivity index (χ4n) is 1.89. The van der Waals surface area contributed by atoms with Crippen LogP contribution in [0.2, 0.25) is 0 Å². The zero-order valence-corrected chi connectivity index (χ0v) is 8.45. The zero-order chi connectivity index (χ0) is 9.14. The molecule has 0 amide bonds. The van der Waals surface area contributed by atoms with Crippen molar-refractivity contribution in [3.8, 4) is 0 Å². The van der Waals surface area contributed by atoms with Crippen molar-refractivity contribution in [1.82, 2.24) is 4.90 Å². The molecule has 1 fully saturated rings. The largest absolute Gasteiger partial charge is 0.395 e. The number of rotatable bonds is 4. The summed E-state index contributed by atoms with van der Waals surface area (Å²) in [7, 11) is 0. The monoisotopic (exact) mass is 171 g/mol. The summed E-state index contributed by atoms with van der Waals surface area (Å²) in [6, 6.07) is 0.396. The van der Waals surface area contributed by atoms with Crippen LogP contribution < -0.4 is 0 Å². The maximum absolute atomic E-state index is 9.15. The van der Waals surface area contributed by atoms with E-state index >= 15 is 0 Å². The summed E-state index contributed by atoms with van der Waals surface area (Å²) in [4.78, 5) is 2.40. The second-order valence-electron chi connectivity index (χ2n) is 4.22. The van der Waals surface area contributed by atoms with Crippen molar-refractivity contribution >= 4 is 0 Å². The molecule has 1 heterocycles. The molecule has 1 atom stereocenters. The van der Waals surface area contributed by atoms with Crippen molar-refractivity contribution in [2.45, 2.75) is 33.2 Å². The average Bonchev–Trinajstić information content (AvgIpc) is 1.94. The number of hydrogen-bond donors (Lipinski definition) is 1. The molecule has 1 saturated heterocycles. The summed E-state index contributed by atoms with van der Waals surface area (Å²) in [5, 5.41) is 9.15. The Balaban J connectivity index is 2.29. The van der Waals surface area contributed by atoms with Gasteiger partial charge in [-0.1, -0.05) is 27.2 Å². The van der Waals surface area contributed by atoms with Gasteiger partial charge in [-0.2, -0.15) is 0 Å². The lowest BCUT2D eigenvalue weighted by Gasteiger charge is -2.45. The first kappa shape index (κ1) is 10.0. The molecule has 2 nitrogen and oxygen atoms in total. The first-order valence-corrected chi connectivity index (χ1v) is 5.04. The second-order valence-corrected chi connectivity index (χ2v) is 4.22. The third-order valence-electron chi connectivity index (χ3n) is 2.99. The first-order valence-electron chi connectivity index (χ1n) is 5.04. The molecule has 0 aromatic heterocycles. The number of hydrogen-bond acceptors (Lipinski definition) is 2. The molecule has 0 spiro atoms. The van der Waals surface area contributed by atoms with E-state index in [4.69, 9.17) is 5.11 Å². The minimum Gasteiger partial charge on any atom is -0.395 e. The fourth-order valence-corrected chi connectivity index (χ4v) is 1.89. The predicted octanol–water partition coefficient (Wildman–Crippen LogP) is 1.35. The Morgan fingerprint density at radius 3 is 2.33 bits per heavy atom. The molecule has 12 heavy (non-hydrogen) atoms. The maximum atomic E-state index is 9.15. The number of aliphatic hydroxyl groups excluding tert-OH is 1. The minimum atomic E-state index is 0.314. The molecule has 0 aromatic rings. The molecule has 1 aliphatic heterocycles. The number of aliphatic hydroxyl groups is 1. The van der Waals surface area contributed by atoms with E-state index in [0.29, 0.717) is 18.6 Å². The van der Waals surface area contributed by atoms with Gasteiger partial charge in [-0.3, -0.25) is 4.90 Å². The molecule has 0 saturated carbocycles. The van der Waals surface area contributed by atoms with Gasteiger partial charge in [0.15, 0.2) is 0 Å². The molecular weight excluding hydrogens is 150 g/mol. The van der Waals surface area contributed by atoms with Gasteiger partial charge in [0.25, 0.3) is 0 Å². The van der Waals surface area contributed by atoms with Crippen molar-refractivity contribution in [2.75, 3.05) is 19.7 Å². The van der Waals surface area contributed by atoms with Crippen LogP contribution in [0.4, 0.5) is 0 Å². The van der Waals surface area contributed by atoms with Crippen LogP contribution in [-0.4, -0.2) is 35.7 Å². The van der Waals surface area contributed by atoms with E-state index in [1.807, 2.05) is 0 Å². The lowest BCUT2D eigenvalue weighted by atomic mass is 9.91. The third kappa shape index (κ3) is 1.99. The average molecular weight is 171 g/mol. The first-order chi connectivity index (χ1) is 5.69. The van der Waals surface area contributed by atoms with Crippen LogP contribution >= 0.6 is 0 Å². The van der Waals surface area contributed by atoms with Gasteiger partial charge in [-0.15, -0.1) is 0 Å². The van der Waals surface area contributed by atoms with Crippen molar-refractivity contribution in [3.05, 3.63) is 0 Å². The maximum Gasteiger partial charge on any atom is 0.0589 e. The van der Waals surface area contributed by atoms with E-state index in [0.717, 1.165) is 5.92 Å². The van der Waals surface area contributed by atoms with E-state index in [-0.39, 0.29) is 0 Å². The molecule has 0 aromatic carbocycles. The van der Waals surface area contributed by atoms with Crippen LogP contribution in [0.25, 0.3) is 0 Å². The van der Waals surface area contributed by atoms with E-state index in [1.165, 1.54) is 19.5 Å². The fraction of sp³-hybridized carbons (Fsp3) is 1.00. The Kier molecular flexibility index (Phi) is 3.53. The Labute approximate surface area is 75.6 Å². The molecule has 0 radical (unpaired) electrons. The van der Waals surface area contributed by atoms with Crippen molar-refractivity contribution in [1.29, 1.82) is 0 Å². The topological polar surface area (TPSA) is 23.5 Å². The van der Waals surface area contributed by atoms with Gasteiger partial charge in [0.1, 0.15) is 0 Å². The molecule has 1 unspecified atom stereocenters.